The molecule has 0 spiro atoms. The lowest BCUT2D eigenvalue weighted by molar-refractivity contribution is 0.282. The van der Waals surface area contributed by atoms with Gasteiger partial charge in [0.1, 0.15) is 5.82 Å². The summed E-state index contributed by atoms with van der Waals surface area (Å²) in [5, 5.41) is 0. The van der Waals surface area contributed by atoms with Gasteiger partial charge in [-0.3, -0.25) is 0 Å². The zero-order valence-electron chi connectivity index (χ0n) is 12.3. The molecule has 2 rings (SSSR count). The summed E-state index contributed by atoms with van der Waals surface area (Å²) in [5.74, 6) is 1.59. The van der Waals surface area contributed by atoms with Crippen LogP contribution in [0.3, 0.4) is 0 Å². The fraction of sp³-hybridized carbons (Fsp3) is 0.533. The predicted octanol–water partition coefficient (Wildman–Crippen LogP) is 1.91. The molecule has 1 unspecified atom stereocenters. The third-order valence-electron chi connectivity index (χ3n) is 3.65. The monoisotopic (exact) mass is 260 g/mol. The predicted molar refractivity (Wildman–Crippen MR) is 80.0 cm³/mol. The molecule has 0 amide bonds. The summed E-state index contributed by atoms with van der Waals surface area (Å²) in [7, 11) is 4.19. The highest BCUT2D eigenvalue weighted by molar-refractivity contribution is 5.76. The van der Waals surface area contributed by atoms with E-state index in [4.69, 9.17) is 5.73 Å². The van der Waals surface area contributed by atoms with Crippen molar-refractivity contribution in [3.05, 3.63) is 29.6 Å². The van der Waals surface area contributed by atoms with E-state index in [1.165, 1.54) is 11.1 Å². The van der Waals surface area contributed by atoms with Crippen molar-refractivity contribution in [2.45, 2.75) is 20.4 Å². The number of imidazole rings is 1. The second-order valence-corrected chi connectivity index (χ2v) is 5.58. The SMILES string of the molecule is Cc1nc2cc(CN(C)CC(C)CN)ccc2n1C. The number of hydrogen-bond acceptors (Lipinski definition) is 3. The average molecular weight is 260 g/mol. The molecule has 1 heterocycles. The molecule has 2 N–H and O–H groups in total. The Kier molecular flexibility index (Phi) is 4.22. The topological polar surface area (TPSA) is 47.1 Å². The molecule has 4 nitrogen and oxygen atoms in total. The molecule has 4 heteroatoms. The van der Waals surface area contributed by atoms with E-state index in [0.29, 0.717) is 5.92 Å². The van der Waals surface area contributed by atoms with Crippen molar-refractivity contribution in [1.82, 2.24) is 14.5 Å². The van der Waals surface area contributed by atoms with E-state index >= 15 is 0 Å². The minimum atomic E-state index is 0.533. The third kappa shape index (κ3) is 3.14. The van der Waals surface area contributed by atoms with Gasteiger partial charge in [-0.25, -0.2) is 4.98 Å². The molecule has 0 saturated heterocycles. The molecule has 0 aliphatic rings. The van der Waals surface area contributed by atoms with Crippen molar-refractivity contribution in [2.24, 2.45) is 18.7 Å². The van der Waals surface area contributed by atoms with Crippen molar-refractivity contribution in [1.29, 1.82) is 0 Å². The Hall–Kier alpha value is -1.39. The van der Waals surface area contributed by atoms with Crippen LogP contribution >= 0.6 is 0 Å². The number of aromatic nitrogens is 2. The van der Waals surface area contributed by atoms with Gasteiger partial charge in [0.2, 0.25) is 0 Å². The van der Waals surface area contributed by atoms with E-state index in [1.54, 1.807) is 0 Å². The van der Waals surface area contributed by atoms with Gasteiger partial charge in [0, 0.05) is 20.1 Å². The number of rotatable bonds is 5. The van der Waals surface area contributed by atoms with Gasteiger partial charge < -0.3 is 15.2 Å². The summed E-state index contributed by atoms with van der Waals surface area (Å²) in [5.41, 5.74) is 9.25. The van der Waals surface area contributed by atoms with Crippen LogP contribution < -0.4 is 5.73 Å². The molecule has 1 atom stereocenters. The molecule has 0 bridgehead atoms. The van der Waals surface area contributed by atoms with Crippen LogP contribution in [0.25, 0.3) is 11.0 Å². The first kappa shape index (κ1) is 14.0. The van der Waals surface area contributed by atoms with Gasteiger partial charge in [0.25, 0.3) is 0 Å². The molecular weight excluding hydrogens is 236 g/mol. The highest BCUT2D eigenvalue weighted by atomic mass is 15.1. The van der Waals surface area contributed by atoms with Gasteiger partial charge in [-0.05, 0) is 44.1 Å². The van der Waals surface area contributed by atoms with Crippen LogP contribution in [-0.2, 0) is 13.6 Å². The Balaban J connectivity index is 2.13. The van der Waals surface area contributed by atoms with E-state index in [1.807, 2.05) is 6.92 Å². The standard InChI is InChI=1S/C15H24N4/c1-11(8-16)9-18(3)10-13-5-6-15-14(7-13)17-12(2)19(15)4/h5-7,11H,8-10,16H2,1-4H3. The van der Waals surface area contributed by atoms with Crippen LogP contribution in [0, 0.1) is 12.8 Å². The second kappa shape index (κ2) is 5.72. The summed E-state index contributed by atoms with van der Waals surface area (Å²) >= 11 is 0. The summed E-state index contributed by atoms with van der Waals surface area (Å²) in [6.45, 7) is 6.92. The molecule has 1 aromatic carbocycles. The van der Waals surface area contributed by atoms with Crippen LogP contribution in [0.4, 0.5) is 0 Å². The molecule has 0 aliphatic heterocycles. The number of nitrogens with two attached hydrogens (primary N) is 1. The lowest BCUT2D eigenvalue weighted by atomic mass is 10.1. The fourth-order valence-electron chi connectivity index (χ4n) is 2.45. The highest BCUT2D eigenvalue weighted by Crippen LogP contribution is 2.17. The zero-order chi connectivity index (χ0) is 14.0. The maximum absolute atomic E-state index is 5.67. The largest absolute Gasteiger partial charge is 0.331 e. The van der Waals surface area contributed by atoms with E-state index in [-0.39, 0.29) is 0 Å². The van der Waals surface area contributed by atoms with Gasteiger partial charge in [-0.2, -0.15) is 0 Å². The Morgan fingerprint density at radius 1 is 1.42 bits per heavy atom. The molecule has 0 fully saturated rings. The normalized spacial score (nSPS) is 13.4. The molecule has 2 aromatic rings. The van der Waals surface area contributed by atoms with Crippen molar-refractivity contribution in [2.75, 3.05) is 20.1 Å². The molecule has 1 aromatic heterocycles. The molecule has 0 radical (unpaired) electrons. The van der Waals surface area contributed by atoms with Gasteiger partial charge in [-0.1, -0.05) is 13.0 Å². The maximum Gasteiger partial charge on any atom is 0.106 e. The third-order valence-corrected chi connectivity index (χ3v) is 3.65. The van der Waals surface area contributed by atoms with Gasteiger partial charge >= 0.3 is 0 Å². The van der Waals surface area contributed by atoms with Crippen molar-refractivity contribution < 1.29 is 0 Å². The van der Waals surface area contributed by atoms with Crippen molar-refractivity contribution in [3.63, 3.8) is 0 Å². The summed E-state index contributed by atoms with van der Waals surface area (Å²) in [6.07, 6.45) is 0. The fourth-order valence-corrected chi connectivity index (χ4v) is 2.45. The summed E-state index contributed by atoms with van der Waals surface area (Å²) < 4.78 is 2.12. The van der Waals surface area contributed by atoms with Crippen LogP contribution in [0.1, 0.15) is 18.3 Å². The van der Waals surface area contributed by atoms with Crippen LogP contribution in [-0.4, -0.2) is 34.6 Å². The number of hydrogen-bond donors (Lipinski definition) is 1. The van der Waals surface area contributed by atoms with Crippen LogP contribution in [0.2, 0.25) is 0 Å². The first-order chi connectivity index (χ1) is 9.01. The molecule has 19 heavy (non-hydrogen) atoms. The second-order valence-electron chi connectivity index (χ2n) is 5.58. The lowest BCUT2D eigenvalue weighted by Gasteiger charge is -2.20. The van der Waals surface area contributed by atoms with Crippen molar-refractivity contribution >= 4 is 11.0 Å². The summed E-state index contributed by atoms with van der Waals surface area (Å²) in [4.78, 5) is 6.90. The van der Waals surface area contributed by atoms with Gasteiger partial charge in [0.05, 0.1) is 11.0 Å². The molecule has 0 saturated carbocycles. The van der Waals surface area contributed by atoms with Crippen LogP contribution in [0.15, 0.2) is 18.2 Å². The zero-order valence-corrected chi connectivity index (χ0v) is 12.3. The van der Waals surface area contributed by atoms with Gasteiger partial charge in [-0.15, -0.1) is 0 Å². The Labute approximate surface area is 115 Å². The number of fused-ring (bicyclic) bond motifs is 1. The van der Waals surface area contributed by atoms with E-state index in [0.717, 1.165) is 31.0 Å². The van der Waals surface area contributed by atoms with Crippen molar-refractivity contribution in [3.8, 4) is 0 Å². The number of benzene rings is 1. The first-order valence-electron chi connectivity index (χ1n) is 6.81. The van der Waals surface area contributed by atoms with Crippen LogP contribution in [0.5, 0.6) is 0 Å². The number of nitrogens with zero attached hydrogens (tertiary/aromatic N) is 3. The van der Waals surface area contributed by atoms with E-state index < -0.39 is 0 Å². The van der Waals surface area contributed by atoms with E-state index in [9.17, 15) is 0 Å². The number of aryl methyl sites for hydroxylation is 2. The van der Waals surface area contributed by atoms with E-state index in [2.05, 4.69) is 53.7 Å². The lowest BCUT2D eigenvalue weighted by Crippen LogP contribution is -2.28. The minimum absolute atomic E-state index is 0.533. The Morgan fingerprint density at radius 2 is 2.16 bits per heavy atom. The highest BCUT2D eigenvalue weighted by Gasteiger charge is 2.08. The quantitative estimate of drug-likeness (QED) is 0.893. The Morgan fingerprint density at radius 3 is 2.84 bits per heavy atom. The smallest absolute Gasteiger partial charge is 0.106 e. The maximum atomic E-state index is 5.67. The average Bonchev–Trinajstić information content (AvgIpc) is 2.64. The molecule has 0 aliphatic carbocycles. The minimum Gasteiger partial charge on any atom is -0.331 e. The van der Waals surface area contributed by atoms with Gasteiger partial charge in [0.15, 0.2) is 0 Å². The Bertz CT molecular complexity index is 559. The summed E-state index contributed by atoms with van der Waals surface area (Å²) in [6, 6.07) is 6.53. The molecular formula is C15H24N4. The molecule has 104 valence electrons. The first-order valence-corrected chi connectivity index (χ1v) is 6.81.